The van der Waals surface area contributed by atoms with E-state index in [1.807, 2.05) is 4.90 Å². The molecule has 4 aliphatic carbocycles. The number of hydrogen-bond donors (Lipinski definition) is 0. The Morgan fingerprint density at radius 2 is 1.73 bits per heavy atom. The Balaban J connectivity index is 1.53. The summed E-state index contributed by atoms with van der Waals surface area (Å²) in [5, 5.41) is 0. The predicted octanol–water partition coefficient (Wildman–Crippen LogP) is 2.61. The van der Waals surface area contributed by atoms with Crippen LogP contribution in [0.1, 0.15) is 51.9 Å². The molecule has 0 unspecified atom stereocenters. The quantitative estimate of drug-likeness (QED) is 0.753. The summed E-state index contributed by atoms with van der Waals surface area (Å²) in [4.78, 5) is 26.2. The Morgan fingerprint density at radius 3 is 2.23 bits per heavy atom. The van der Waals surface area contributed by atoms with Gasteiger partial charge in [0.2, 0.25) is 5.91 Å². The van der Waals surface area contributed by atoms with Crippen molar-refractivity contribution in [3.8, 4) is 0 Å². The van der Waals surface area contributed by atoms with Crippen LogP contribution in [0.4, 0.5) is 0 Å². The zero-order chi connectivity index (χ0) is 15.5. The number of ether oxygens (including phenoxy) is 1. The Labute approximate surface area is 132 Å². The average Bonchev–Trinajstić information content (AvgIpc) is 2.86. The lowest BCUT2D eigenvalue weighted by Crippen LogP contribution is -2.56. The van der Waals surface area contributed by atoms with Gasteiger partial charge in [-0.1, -0.05) is 0 Å². The second kappa shape index (κ2) is 4.97. The number of nitrogens with zero attached hydrogens (tertiary/aromatic N) is 1. The van der Waals surface area contributed by atoms with E-state index >= 15 is 0 Å². The highest BCUT2D eigenvalue weighted by Gasteiger charge is 2.55. The summed E-state index contributed by atoms with van der Waals surface area (Å²) in [6.07, 6.45) is 8.50. The molecule has 0 aromatic rings. The molecule has 4 heteroatoms. The van der Waals surface area contributed by atoms with Gasteiger partial charge in [-0.05, 0) is 68.6 Å². The molecule has 1 heterocycles. The summed E-state index contributed by atoms with van der Waals surface area (Å²) >= 11 is 0. The number of hydrogen-bond acceptors (Lipinski definition) is 3. The van der Waals surface area contributed by atoms with Crippen LogP contribution in [0.5, 0.6) is 0 Å². The molecular formula is C18H27NO3. The molecule has 1 saturated heterocycles. The van der Waals surface area contributed by atoms with E-state index in [4.69, 9.17) is 4.74 Å². The van der Waals surface area contributed by atoms with Crippen molar-refractivity contribution in [2.45, 2.75) is 57.9 Å². The summed E-state index contributed by atoms with van der Waals surface area (Å²) in [5.74, 6) is 2.34. The molecule has 5 aliphatic rings. The summed E-state index contributed by atoms with van der Waals surface area (Å²) in [5.41, 5.74) is 0.329. The predicted molar refractivity (Wildman–Crippen MR) is 81.9 cm³/mol. The monoisotopic (exact) mass is 305 g/mol. The van der Waals surface area contributed by atoms with Gasteiger partial charge >= 0.3 is 5.97 Å². The molecule has 1 amide bonds. The van der Waals surface area contributed by atoms with Crippen molar-refractivity contribution in [1.82, 2.24) is 4.90 Å². The molecule has 0 radical (unpaired) electrons. The van der Waals surface area contributed by atoms with E-state index in [-0.39, 0.29) is 23.8 Å². The molecule has 22 heavy (non-hydrogen) atoms. The van der Waals surface area contributed by atoms with Crippen LogP contribution >= 0.6 is 0 Å². The number of carbonyl (C=O) groups excluding carboxylic acids is 2. The van der Waals surface area contributed by atoms with Crippen molar-refractivity contribution < 1.29 is 14.3 Å². The molecule has 2 atom stereocenters. The summed E-state index contributed by atoms with van der Waals surface area (Å²) < 4.78 is 4.84. The molecule has 4 bridgehead atoms. The number of rotatable bonds is 3. The number of likely N-dealkylation sites (tertiary alicyclic amines) is 1. The van der Waals surface area contributed by atoms with Gasteiger partial charge in [0.05, 0.1) is 13.0 Å². The minimum Gasteiger partial charge on any atom is -0.469 e. The SMILES string of the molecule is COC(=O)[C@H]1CC(=O)N([C@H](C)C23CC4CC(CC(C4)C2)C3)C1. The second-order valence-corrected chi connectivity index (χ2v) is 8.43. The molecule has 122 valence electrons. The highest BCUT2D eigenvalue weighted by molar-refractivity contribution is 5.87. The topological polar surface area (TPSA) is 46.6 Å². The molecule has 4 saturated carbocycles. The van der Waals surface area contributed by atoms with Crippen molar-refractivity contribution >= 4 is 11.9 Å². The largest absolute Gasteiger partial charge is 0.469 e. The third-order valence-corrected chi connectivity index (χ3v) is 7.13. The number of esters is 1. The first-order chi connectivity index (χ1) is 10.5. The van der Waals surface area contributed by atoms with Gasteiger partial charge in [-0.15, -0.1) is 0 Å². The highest BCUT2D eigenvalue weighted by Crippen LogP contribution is 2.62. The Kier molecular flexibility index (Phi) is 3.28. The van der Waals surface area contributed by atoms with Crippen LogP contribution < -0.4 is 0 Å². The van der Waals surface area contributed by atoms with Gasteiger partial charge in [0.15, 0.2) is 0 Å². The van der Waals surface area contributed by atoms with E-state index in [0.717, 1.165) is 17.8 Å². The van der Waals surface area contributed by atoms with E-state index in [1.54, 1.807) is 0 Å². The van der Waals surface area contributed by atoms with Gasteiger partial charge in [0.25, 0.3) is 0 Å². The lowest BCUT2D eigenvalue weighted by Gasteiger charge is -2.60. The molecule has 1 aliphatic heterocycles. The molecule has 5 rings (SSSR count). The van der Waals surface area contributed by atoms with Gasteiger partial charge in [-0.25, -0.2) is 0 Å². The van der Waals surface area contributed by atoms with Crippen molar-refractivity contribution in [2.24, 2.45) is 29.1 Å². The third kappa shape index (κ3) is 2.10. The molecule has 0 aromatic heterocycles. The van der Waals surface area contributed by atoms with Crippen LogP contribution in [0, 0.1) is 29.1 Å². The minimum atomic E-state index is -0.256. The van der Waals surface area contributed by atoms with E-state index in [1.165, 1.54) is 45.6 Å². The van der Waals surface area contributed by atoms with Gasteiger partial charge < -0.3 is 9.64 Å². The molecule has 4 nitrogen and oxygen atoms in total. The lowest BCUT2D eigenvalue weighted by atomic mass is 9.47. The van der Waals surface area contributed by atoms with Crippen molar-refractivity contribution in [3.63, 3.8) is 0 Å². The molecular weight excluding hydrogens is 278 g/mol. The summed E-state index contributed by atoms with van der Waals surface area (Å²) in [6, 6.07) is 0.281. The van der Waals surface area contributed by atoms with E-state index in [9.17, 15) is 9.59 Å². The first-order valence-electron chi connectivity index (χ1n) is 8.88. The average molecular weight is 305 g/mol. The molecule has 0 N–H and O–H groups in total. The van der Waals surface area contributed by atoms with Crippen LogP contribution in [0.2, 0.25) is 0 Å². The lowest BCUT2D eigenvalue weighted by molar-refractivity contribution is -0.145. The Morgan fingerprint density at radius 1 is 1.18 bits per heavy atom. The highest BCUT2D eigenvalue weighted by atomic mass is 16.5. The van der Waals surface area contributed by atoms with Gasteiger partial charge in [-0.2, -0.15) is 0 Å². The standard InChI is InChI=1S/C18H27NO3/c1-11(19-10-15(6-16(19)20)17(21)22-2)18-7-12-3-13(8-18)5-14(4-12)9-18/h11-15H,3-10H2,1-2H3/t11-,12?,13?,14?,15+,18?/m1/s1. The zero-order valence-corrected chi connectivity index (χ0v) is 13.7. The van der Waals surface area contributed by atoms with Gasteiger partial charge in [0.1, 0.15) is 0 Å². The molecule has 0 spiro atoms. The normalized spacial score (nSPS) is 44.5. The maximum atomic E-state index is 12.5. The number of carbonyl (C=O) groups is 2. The number of amides is 1. The van der Waals surface area contributed by atoms with Crippen molar-refractivity contribution in [2.75, 3.05) is 13.7 Å². The van der Waals surface area contributed by atoms with Crippen molar-refractivity contribution in [3.05, 3.63) is 0 Å². The minimum absolute atomic E-state index is 0.152. The van der Waals surface area contributed by atoms with E-state index in [2.05, 4.69) is 6.92 Å². The van der Waals surface area contributed by atoms with Crippen LogP contribution in [0.15, 0.2) is 0 Å². The summed E-state index contributed by atoms with van der Waals surface area (Å²) in [6.45, 7) is 2.80. The van der Waals surface area contributed by atoms with Crippen LogP contribution in [-0.4, -0.2) is 36.5 Å². The van der Waals surface area contributed by atoms with E-state index in [0.29, 0.717) is 18.4 Å². The maximum absolute atomic E-state index is 12.5. The van der Waals surface area contributed by atoms with Crippen LogP contribution in [0.25, 0.3) is 0 Å². The van der Waals surface area contributed by atoms with Crippen LogP contribution in [-0.2, 0) is 14.3 Å². The summed E-state index contributed by atoms with van der Waals surface area (Å²) in [7, 11) is 1.41. The zero-order valence-electron chi connectivity index (χ0n) is 13.7. The smallest absolute Gasteiger partial charge is 0.310 e. The molecule has 0 aromatic carbocycles. The third-order valence-electron chi connectivity index (χ3n) is 7.13. The fourth-order valence-corrected chi connectivity index (χ4v) is 6.45. The number of methoxy groups -OCH3 is 1. The Bertz CT molecular complexity index is 465. The fraction of sp³-hybridized carbons (Fsp3) is 0.889. The first-order valence-corrected chi connectivity index (χ1v) is 8.88. The van der Waals surface area contributed by atoms with Gasteiger partial charge in [0, 0.05) is 19.0 Å². The van der Waals surface area contributed by atoms with E-state index < -0.39 is 0 Å². The maximum Gasteiger partial charge on any atom is 0.310 e. The fourth-order valence-electron chi connectivity index (χ4n) is 6.45. The second-order valence-electron chi connectivity index (χ2n) is 8.43. The van der Waals surface area contributed by atoms with Gasteiger partial charge in [-0.3, -0.25) is 9.59 Å². The van der Waals surface area contributed by atoms with Crippen molar-refractivity contribution in [1.29, 1.82) is 0 Å². The molecule has 5 fully saturated rings. The Hall–Kier alpha value is -1.06. The van der Waals surface area contributed by atoms with Crippen LogP contribution in [0.3, 0.4) is 0 Å². The first kappa shape index (κ1) is 14.5.